The standard InChI is InChI=1S/C17H21N3/c1-2-6-15(7-3-1)17-14-20(13-11-19-17)12-9-16-8-4-5-10-18-16/h1-8,10,17,19H,9,11-14H2. The minimum Gasteiger partial charge on any atom is -0.308 e. The van der Waals surface area contributed by atoms with Crippen molar-refractivity contribution in [2.75, 3.05) is 26.2 Å². The van der Waals surface area contributed by atoms with Gasteiger partial charge in [0.1, 0.15) is 0 Å². The highest BCUT2D eigenvalue weighted by Crippen LogP contribution is 2.16. The van der Waals surface area contributed by atoms with Crippen molar-refractivity contribution >= 4 is 0 Å². The van der Waals surface area contributed by atoms with Gasteiger partial charge in [0.2, 0.25) is 0 Å². The molecule has 3 rings (SSSR count). The highest BCUT2D eigenvalue weighted by atomic mass is 15.2. The average Bonchev–Trinajstić information content (AvgIpc) is 2.55. The van der Waals surface area contributed by atoms with Crippen LogP contribution in [0.5, 0.6) is 0 Å². The number of pyridine rings is 1. The molecule has 0 radical (unpaired) electrons. The van der Waals surface area contributed by atoms with E-state index < -0.39 is 0 Å². The van der Waals surface area contributed by atoms with Crippen LogP contribution in [0.15, 0.2) is 54.7 Å². The second-order valence-corrected chi connectivity index (χ2v) is 5.29. The molecule has 0 amide bonds. The minimum absolute atomic E-state index is 0.452. The minimum atomic E-state index is 0.452. The molecule has 0 aliphatic carbocycles. The van der Waals surface area contributed by atoms with Gasteiger partial charge in [0.15, 0.2) is 0 Å². The van der Waals surface area contributed by atoms with Gasteiger partial charge in [-0.2, -0.15) is 0 Å². The van der Waals surface area contributed by atoms with Crippen LogP contribution in [0.2, 0.25) is 0 Å². The van der Waals surface area contributed by atoms with Gasteiger partial charge in [0.25, 0.3) is 0 Å². The molecule has 3 heteroatoms. The third kappa shape index (κ3) is 3.44. The monoisotopic (exact) mass is 267 g/mol. The normalized spacial score (nSPS) is 19.9. The number of rotatable bonds is 4. The van der Waals surface area contributed by atoms with Gasteiger partial charge in [-0.15, -0.1) is 0 Å². The van der Waals surface area contributed by atoms with Crippen LogP contribution in [-0.4, -0.2) is 36.1 Å². The fourth-order valence-electron chi connectivity index (χ4n) is 2.74. The Bertz CT molecular complexity index is 512. The van der Waals surface area contributed by atoms with Crippen molar-refractivity contribution in [2.24, 2.45) is 0 Å². The van der Waals surface area contributed by atoms with Gasteiger partial charge < -0.3 is 5.32 Å². The van der Waals surface area contributed by atoms with Crippen molar-refractivity contribution in [3.63, 3.8) is 0 Å². The van der Waals surface area contributed by atoms with Crippen molar-refractivity contribution < 1.29 is 0 Å². The molecule has 1 saturated heterocycles. The van der Waals surface area contributed by atoms with Crippen LogP contribution in [0.25, 0.3) is 0 Å². The van der Waals surface area contributed by atoms with Gasteiger partial charge >= 0.3 is 0 Å². The molecule has 1 aromatic carbocycles. The number of hydrogen-bond acceptors (Lipinski definition) is 3. The highest BCUT2D eigenvalue weighted by molar-refractivity contribution is 5.19. The van der Waals surface area contributed by atoms with Crippen LogP contribution < -0.4 is 5.32 Å². The van der Waals surface area contributed by atoms with Crippen molar-refractivity contribution in [1.82, 2.24) is 15.2 Å². The number of piperazine rings is 1. The number of nitrogens with one attached hydrogen (secondary N) is 1. The maximum atomic E-state index is 4.40. The summed E-state index contributed by atoms with van der Waals surface area (Å²) in [7, 11) is 0. The molecular formula is C17H21N3. The van der Waals surface area contributed by atoms with Crippen LogP contribution in [0.3, 0.4) is 0 Å². The Morgan fingerprint density at radius 2 is 1.95 bits per heavy atom. The van der Waals surface area contributed by atoms with Crippen LogP contribution in [0.1, 0.15) is 17.3 Å². The molecule has 0 spiro atoms. The SMILES string of the molecule is c1ccc(C2CN(CCc3ccccn3)CCN2)cc1. The van der Waals surface area contributed by atoms with Gasteiger partial charge in [0.05, 0.1) is 0 Å². The Morgan fingerprint density at radius 1 is 1.10 bits per heavy atom. The van der Waals surface area contributed by atoms with Gasteiger partial charge in [-0.3, -0.25) is 9.88 Å². The van der Waals surface area contributed by atoms with Crippen LogP contribution in [0, 0.1) is 0 Å². The lowest BCUT2D eigenvalue weighted by Crippen LogP contribution is -2.46. The molecule has 2 aromatic rings. The highest BCUT2D eigenvalue weighted by Gasteiger charge is 2.20. The Labute approximate surface area is 120 Å². The number of benzene rings is 1. The molecule has 3 nitrogen and oxygen atoms in total. The van der Waals surface area contributed by atoms with Crippen molar-refractivity contribution in [3.8, 4) is 0 Å². The lowest BCUT2D eigenvalue weighted by Gasteiger charge is -2.33. The first-order valence-corrected chi connectivity index (χ1v) is 7.32. The van der Waals surface area contributed by atoms with Crippen molar-refractivity contribution in [3.05, 3.63) is 66.0 Å². The van der Waals surface area contributed by atoms with E-state index in [4.69, 9.17) is 0 Å². The summed E-state index contributed by atoms with van der Waals surface area (Å²) in [6, 6.07) is 17.3. The molecule has 1 fully saturated rings. The van der Waals surface area contributed by atoms with Gasteiger partial charge in [0, 0.05) is 50.5 Å². The van der Waals surface area contributed by atoms with E-state index in [-0.39, 0.29) is 0 Å². The molecule has 1 atom stereocenters. The third-order valence-corrected chi connectivity index (χ3v) is 3.87. The number of hydrogen-bond donors (Lipinski definition) is 1. The first-order valence-electron chi connectivity index (χ1n) is 7.32. The predicted octanol–water partition coefficient (Wildman–Crippen LogP) is 2.27. The van der Waals surface area contributed by atoms with Crippen LogP contribution in [-0.2, 0) is 6.42 Å². The first-order chi connectivity index (χ1) is 9.92. The van der Waals surface area contributed by atoms with Crippen molar-refractivity contribution in [2.45, 2.75) is 12.5 Å². The molecule has 1 N–H and O–H groups in total. The quantitative estimate of drug-likeness (QED) is 0.921. The lowest BCUT2D eigenvalue weighted by molar-refractivity contribution is 0.202. The fourth-order valence-corrected chi connectivity index (χ4v) is 2.74. The molecule has 2 heterocycles. The average molecular weight is 267 g/mol. The Kier molecular flexibility index (Phi) is 4.41. The fraction of sp³-hybridized carbons (Fsp3) is 0.353. The lowest BCUT2D eigenvalue weighted by atomic mass is 10.0. The molecule has 1 unspecified atom stereocenters. The molecular weight excluding hydrogens is 246 g/mol. The topological polar surface area (TPSA) is 28.2 Å². The van der Waals surface area contributed by atoms with Crippen LogP contribution in [0.4, 0.5) is 0 Å². The summed E-state index contributed by atoms with van der Waals surface area (Å²) < 4.78 is 0. The second kappa shape index (κ2) is 6.64. The zero-order chi connectivity index (χ0) is 13.6. The number of aromatic nitrogens is 1. The molecule has 20 heavy (non-hydrogen) atoms. The maximum absolute atomic E-state index is 4.40. The molecule has 1 aromatic heterocycles. The zero-order valence-corrected chi connectivity index (χ0v) is 11.7. The van der Waals surface area contributed by atoms with E-state index in [0.29, 0.717) is 6.04 Å². The Hall–Kier alpha value is -1.71. The van der Waals surface area contributed by atoms with Gasteiger partial charge in [-0.1, -0.05) is 36.4 Å². The summed E-state index contributed by atoms with van der Waals surface area (Å²) >= 11 is 0. The second-order valence-electron chi connectivity index (χ2n) is 5.29. The third-order valence-electron chi connectivity index (χ3n) is 3.87. The molecule has 0 bridgehead atoms. The summed E-state index contributed by atoms with van der Waals surface area (Å²) in [5.41, 5.74) is 2.57. The number of nitrogens with zero attached hydrogens (tertiary/aromatic N) is 2. The maximum Gasteiger partial charge on any atom is 0.0449 e. The summed E-state index contributed by atoms with van der Waals surface area (Å²) in [5, 5.41) is 3.61. The summed E-state index contributed by atoms with van der Waals surface area (Å²) in [4.78, 5) is 6.93. The predicted molar refractivity (Wildman–Crippen MR) is 81.6 cm³/mol. The largest absolute Gasteiger partial charge is 0.308 e. The van der Waals surface area contributed by atoms with E-state index >= 15 is 0 Å². The summed E-state index contributed by atoms with van der Waals surface area (Å²) in [6.45, 7) is 4.34. The molecule has 1 aliphatic rings. The van der Waals surface area contributed by atoms with E-state index in [1.165, 1.54) is 11.3 Å². The van der Waals surface area contributed by atoms with E-state index in [0.717, 1.165) is 32.6 Å². The summed E-state index contributed by atoms with van der Waals surface area (Å²) in [6.07, 6.45) is 2.90. The smallest absolute Gasteiger partial charge is 0.0449 e. The first kappa shape index (κ1) is 13.3. The van der Waals surface area contributed by atoms with E-state index in [1.807, 2.05) is 12.3 Å². The van der Waals surface area contributed by atoms with Crippen LogP contribution >= 0.6 is 0 Å². The van der Waals surface area contributed by atoms with Gasteiger partial charge in [-0.25, -0.2) is 0 Å². The summed E-state index contributed by atoms with van der Waals surface area (Å²) in [5.74, 6) is 0. The van der Waals surface area contributed by atoms with Gasteiger partial charge in [-0.05, 0) is 17.7 Å². The van der Waals surface area contributed by atoms with Crippen molar-refractivity contribution in [1.29, 1.82) is 0 Å². The zero-order valence-electron chi connectivity index (χ0n) is 11.7. The van der Waals surface area contributed by atoms with E-state index in [1.54, 1.807) is 0 Å². The van der Waals surface area contributed by atoms with E-state index in [9.17, 15) is 0 Å². The Balaban J connectivity index is 1.56. The Morgan fingerprint density at radius 3 is 2.75 bits per heavy atom. The molecule has 0 saturated carbocycles. The molecule has 1 aliphatic heterocycles. The van der Waals surface area contributed by atoms with E-state index in [2.05, 4.69) is 57.7 Å². The molecule has 104 valence electrons.